The largest absolute Gasteiger partial charge is 0.371 e. The number of fused-ring (bicyclic) bond motifs is 4. The Morgan fingerprint density at radius 1 is 1.04 bits per heavy atom. The number of nitrogens with zero attached hydrogens (tertiary/aromatic N) is 3. The molecule has 6 nitrogen and oxygen atoms in total. The highest BCUT2D eigenvalue weighted by Crippen LogP contribution is 2.32. The van der Waals surface area contributed by atoms with Crippen LogP contribution in [-0.2, 0) is 30.7 Å². The van der Waals surface area contributed by atoms with Gasteiger partial charge >= 0.3 is 0 Å². The van der Waals surface area contributed by atoms with Gasteiger partial charge in [0.2, 0.25) is 0 Å². The van der Waals surface area contributed by atoms with Crippen LogP contribution in [0.3, 0.4) is 0 Å². The van der Waals surface area contributed by atoms with Crippen molar-refractivity contribution >= 4 is 16.7 Å². The van der Waals surface area contributed by atoms with Crippen LogP contribution in [0.2, 0.25) is 0 Å². The quantitative estimate of drug-likeness (QED) is 0.734. The predicted octanol–water partition coefficient (Wildman–Crippen LogP) is 2.71. The topological polar surface area (TPSA) is 66.1 Å². The number of rotatable bonds is 4. The Morgan fingerprint density at radius 3 is 2.79 bits per heavy atom. The molecule has 28 heavy (non-hydrogen) atoms. The second-order valence-electron chi connectivity index (χ2n) is 8.21. The van der Waals surface area contributed by atoms with Crippen LogP contribution >= 0.6 is 0 Å². The van der Waals surface area contributed by atoms with E-state index in [0.29, 0.717) is 12.2 Å². The van der Waals surface area contributed by atoms with E-state index in [1.54, 1.807) is 0 Å². The number of hydrogen-bond acceptors (Lipinski definition) is 5. The van der Waals surface area contributed by atoms with Gasteiger partial charge < -0.3 is 19.9 Å². The van der Waals surface area contributed by atoms with E-state index in [1.165, 1.54) is 40.6 Å². The van der Waals surface area contributed by atoms with E-state index in [1.807, 2.05) is 0 Å². The average molecular weight is 375 g/mol. The molecule has 3 aromatic rings. The highest BCUT2D eigenvalue weighted by molar-refractivity contribution is 5.83. The summed E-state index contributed by atoms with van der Waals surface area (Å²) in [6.07, 6.45) is 7.03. The van der Waals surface area contributed by atoms with Gasteiger partial charge in [-0.25, -0.2) is 9.97 Å². The first-order valence-electron chi connectivity index (χ1n) is 10.4. The van der Waals surface area contributed by atoms with Crippen molar-refractivity contribution in [3.05, 3.63) is 53.1 Å². The first kappa shape index (κ1) is 16.5. The molecule has 0 aliphatic carbocycles. The van der Waals surface area contributed by atoms with Crippen molar-refractivity contribution in [2.75, 3.05) is 18.0 Å². The van der Waals surface area contributed by atoms with Crippen LogP contribution in [0.15, 0.2) is 30.5 Å². The second kappa shape index (κ2) is 6.57. The lowest BCUT2D eigenvalue weighted by Gasteiger charge is -2.34. The number of benzene rings is 1. The van der Waals surface area contributed by atoms with Gasteiger partial charge in [-0.1, -0.05) is 18.2 Å². The third-order valence-corrected chi connectivity index (χ3v) is 6.35. The molecule has 144 valence electrons. The number of morpholine rings is 1. The lowest BCUT2D eigenvalue weighted by molar-refractivity contribution is 0.0301. The number of anilines is 1. The molecule has 6 rings (SSSR count). The van der Waals surface area contributed by atoms with Crippen molar-refractivity contribution < 1.29 is 4.74 Å². The third-order valence-electron chi connectivity index (χ3n) is 6.35. The molecule has 2 N–H and O–H groups in total. The zero-order valence-corrected chi connectivity index (χ0v) is 15.9. The molecule has 2 bridgehead atoms. The Labute approximate surface area is 164 Å². The molecule has 0 amide bonds. The minimum Gasteiger partial charge on any atom is -0.371 e. The van der Waals surface area contributed by atoms with E-state index < -0.39 is 0 Å². The van der Waals surface area contributed by atoms with Gasteiger partial charge in [0.05, 0.1) is 17.9 Å². The molecular weight excluding hydrogens is 350 g/mol. The number of hydrogen-bond donors (Lipinski definition) is 2. The molecule has 2 aromatic heterocycles. The summed E-state index contributed by atoms with van der Waals surface area (Å²) in [4.78, 5) is 15.8. The van der Waals surface area contributed by atoms with Gasteiger partial charge in [-0.3, -0.25) is 0 Å². The number of aromatic nitrogens is 3. The monoisotopic (exact) mass is 375 g/mol. The summed E-state index contributed by atoms with van der Waals surface area (Å²) in [6.45, 7) is 3.64. The SMILES string of the molecule is c1ccc2c(CCc3nc4c(c(N5CC6CCC(C5)O6)n3)CNC4)c[nH]c2c1. The average Bonchev–Trinajstić information content (AvgIpc) is 3.44. The molecule has 0 saturated carbocycles. The number of para-hydroxylation sites is 1. The van der Waals surface area contributed by atoms with Crippen LogP contribution in [-0.4, -0.2) is 40.2 Å². The molecular formula is C22H25N5O. The molecule has 0 spiro atoms. The summed E-state index contributed by atoms with van der Waals surface area (Å²) >= 11 is 0. The Hall–Kier alpha value is -2.44. The van der Waals surface area contributed by atoms with Gasteiger partial charge in [0.15, 0.2) is 0 Å². The van der Waals surface area contributed by atoms with Crippen molar-refractivity contribution in [2.24, 2.45) is 0 Å². The molecule has 2 atom stereocenters. The molecule has 3 aliphatic rings. The first-order chi connectivity index (χ1) is 13.8. The summed E-state index contributed by atoms with van der Waals surface area (Å²) in [7, 11) is 0. The number of aromatic amines is 1. The third kappa shape index (κ3) is 2.79. The molecule has 6 heteroatoms. The number of aryl methyl sites for hydroxylation is 2. The maximum absolute atomic E-state index is 6.03. The summed E-state index contributed by atoms with van der Waals surface area (Å²) in [6, 6.07) is 8.48. The lowest BCUT2D eigenvalue weighted by Crippen LogP contribution is -2.43. The summed E-state index contributed by atoms with van der Waals surface area (Å²) < 4.78 is 6.03. The Bertz CT molecular complexity index is 1020. The van der Waals surface area contributed by atoms with Crippen LogP contribution in [0.25, 0.3) is 10.9 Å². The number of nitrogens with one attached hydrogen (secondary N) is 2. The van der Waals surface area contributed by atoms with E-state index in [2.05, 4.69) is 45.7 Å². The van der Waals surface area contributed by atoms with Crippen molar-refractivity contribution in [3.8, 4) is 0 Å². The Morgan fingerprint density at radius 2 is 1.89 bits per heavy atom. The van der Waals surface area contributed by atoms with E-state index in [0.717, 1.165) is 50.7 Å². The van der Waals surface area contributed by atoms with Gasteiger partial charge in [-0.2, -0.15) is 0 Å². The zero-order chi connectivity index (χ0) is 18.5. The molecule has 2 unspecified atom stereocenters. The van der Waals surface area contributed by atoms with Crippen LogP contribution in [0.5, 0.6) is 0 Å². The molecule has 2 saturated heterocycles. The number of H-pyrrole nitrogens is 1. The second-order valence-corrected chi connectivity index (χ2v) is 8.21. The van der Waals surface area contributed by atoms with Gasteiger partial charge in [-0.05, 0) is 30.9 Å². The van der Waals surface area contributed by atoms with Gasteiger partial charge in [0.25, 0.3) is 0 Å². The fourth-order valence-corrected chi connectivity index (χ4v) is 4.95. The molecule has 3 aliphatic heterocycles. The van der Waals surface area contributed by atoms with Crippen molar-refractivity contribution in [1.82, 2.24) is 20.3 Å². The van der Waals surface area contributed by atoms with E-state index in [4.69, 9.17) is 14.7 Å². The normalized spacial score (nSPS) is 23.5. The summed E-state index contributed by atoms with van der Waals surface area (Å²) in [5.41, 5.74) is 5.00. The van der Waals surface area contributed by atoms with Crippen molar-refractivity contribution in [1.29, 1.82) is 0 Å². The van der Waals surface area contributed by atoms with Crippen LogP contribution in [0, 0.1) is 0 Å². The van der Waals surface area contributed by atoms with Gasteiger partial charge in [-0.15, -0.1) is 0 Å². The Kier molecular flexibility index (Phi) is 3.87. The van der Waals surface area contributed by atoms with E-state index in [9.17, 15) is 0 Å². The fourth-order valence-electron chi connectivity index (χ4n) is 4.95. The lowest BCUT2D eigenvalue weighted by atomic mass is 10.1. The van der Waals surface area contributed by atoms with Crippen molar-refractivity contribution in [2.45, 2.75) is 51.0 Å². The van der Waals surface area contributed by atoms with E-state index >= 15 is 0 Å². The van der Waals surface area contributed by atoms with Crippen LogP contribution < -0.4 is 10.2 Å². The van der Waals surface area contributed by atoms with Gasteiger partial charge in [0.1, 0.15) is 11.6 Å². The highest BCUT2D eigenvalue weighted by atomic mass is 16.5. The molecule has 5 heterocycles. The van der Waals surface area contributed by atoms with Crippen molar-refractivity contribution in [3.63, 3.8) is 0 Å². The standard InChI is InChI=1S/C22H25N5O/c1-2-4-19-17(3-1)14(9-24-19)5-8-21-25-20-11-23-10-18(20)22(26-21)27-12-15-6-7-16(13-27)28-15/h1-4,9,15-16,23-24H,5-8,10-13H2. The minimum absolute atomic E-state index is 0.369. The van der Waals surface area contributed by atoms with Gasteiger partial charge in [0, 0.05) is 55.3 Å². The van der Waals surface area contributed by atoms with E-state index in [-0.39, 0.29) is 0 Å². The number of ether oxygens (including phenoxy) is 1. The highest BCUT2D eigenvalue weighted by Gasteiger charge is 2.36. The fraction of sp³-hybridized carbons (Fsp3) is 0.455. The summed E-state index contributed by atoms with van der Waals surface area (Å²) in [5.74, 6) is 2.10. The first-order valence-corrected chi connectivity index (χ1v) is 10.4. The maximum Gasteiger partial charge on any atom is 0.137 e. The smallest absolute Gasteiger partial charge is 0.137 e. The Balaban J connectivity index is 1.29. The zero-order valence-electron chi connectivity index (χ0n) is 15.9. The predicted molar refractivity (Wildman–Crippen MR) is 108 cm³/mol. The molecule has 2 fully saturated rings. The molecule has 1 aromatic carbocycles. The maximum atomic E-state index is 6.03. The van der Waals surface area contributed by atoms with Crippen LogP contribution in [0.4, 0.5) is 5.82 Å². The molecule has 0 radical (unpaired) electrons. The summed E-state index contributed by atoms with van der Waals surface area (Å²) in [5, 5.41) is 4.76. The minimum atomic E-state index is 0.369. The van der Waals surface area contributed by atoms with Crippen LogP contribution in [0.1, 0.15) is 35.5 Å².